The molecule has 0 bridgehead atoms. The highest BCUT2D eigenvalue weighted by atomic mass is 16.5. The minimum absolute atomic E-state index is 0.306. The van der Waals surface area contributed by atoms with Crippen LogP contribution in [0, 0.1) is 5.41 Å². The normalized spacial score (nSPS) is 12.0. The van der Waals surface area contributed by atoms with Gasteiger partial charge in [0.25, 0.3) is 0 Å². The summed E-state index contributed by atoms with van der Waals surface area (Å²) in [6.45, 7) is 11.3. The molecule has 1 aromatic rings. The molecule has 0 aromatic heterocycles. The average molecular weight is 335 g/mol. The highest BCUT2D eigenvalue weighted by molar-refractivity contribution is 5.79. The van der Waals surface area contributed by atoms with Crippen molar-refractivity contribution in [3.8, 4) is 11.5 Å². The molecule has 0 aliphatic carbocycles. The maximum Gasteiger partial charge on any atom is 0.191 e. The molecule has 0 aliphatic rings. The minimum atomic E-state index is 0.306. The Labute approximate surface area is 146 Å². The number of nitrogens with one attached hydrogen (secondary N) is 2. The van der Waals surface area contributed by atoms with E-state index >= 15 is 0 Å². The van der Waals surface area contributed by atoms with E-state index in [4.69, 9.17) is 9.47 Å². The first-order valence-corrected chi connectivity index (χ1v) is 8.62. The summed E-state index contributed by atoms with van der Waals surface area (Å²) in [7, 11) is 3.31. The lowest BCUT2D eigenvalue weighted by molar-refractivity contribution is 0.354. The summed E-state index contributed by atoms with van der Waals surface area (Å²) in [5.41, 5.74) is 1.51. The summed E-state index contributed by atoms with van der Waals surface area (Å²) in [6.07, 6.45) is 1.96. The number of guanidine groups is 1. The molecule has 0 radical (unpaired) electrons. The van der Waals surface area contributed by atoms with Crippen LogP contribution < -0.4 is 20.1 Å². The number of ether oxygens (including phenoxy) is 2. The van der Waals surface area contributed by atoms with Gasteiger partial charge in [-0.05, 0) is 42.9 Å². The maximum absolute atomic E-state index is 5.35. The Kier molecular flexibility index (Phi) is 8.44. The van der Waals surface area contributed by atoms with Crippen molar-refractivity contribution in [2.75, 3.05) is 33.9 Å². The summed E-state index contributed by atoms with van der Waals surface area (Å²) >= 11 is 0. The van der Waals surface area contributed by atoms with Crippen LogP contribution in [0.15, 0.2) is 23.2 Å². The van der Waals surface area contributed by atoms with E-state index in [-0.39, 0.29) is 0 Å². The first kappa shape index (κ1) is 20.1. The zero-order chi connectivity index (χ0) is 18.0. The molecule has 136 valence electrons. The molecule has 24 heavy (non-hydrogen) atoms. The molecule has 0 heterocycles. The van der Waals surface area contributed by atoms with E-state index < -0.39 is 0 Å². The quantitative estimate of drug-likeness (QED) is 0.566. The van der Waals surface area contributed by atoms with Gasteiger partial charge in [0.05, 0.1) is 14.2 Å². The molecule has 2 N–H and O–H groups in total. The zero-order valence-corrected chi connectivity index (χ0v) is 16.0. The third kappa shape index (κ3) is 7.57. The Morgan fingerprint density at radius 1 is 1.08 bits per heavy atom. The van der Waals surface area contributed by atoms with Gasteiger partial charge in [-0.25, -0.2) is 0 Å². The molecule has 0 aliphatic heterocycles. The third-order valence-electron chi connectivity index (χ3n) is 3.63. The fraction of sp³-hybridized carbons (Fsp3) is 0.632. The number of hydrogen-bond donors (Lipinski definition) is 2. The third-order valence-corrected chi connectivity index (χ3v) is 3.63. The van der Waals surface area contributed by atoms with Crippen LogP contribution in [0.2, 0.25) is 0 Å². The van der Waals surface area contributed by atoms with Crippen LogP contribution in [0.5, 0.6) is 11.5 Å². The van der Waals surface area contributed by atoms with Crippen molar-refractivity contribution in [3.05, 3.63) is 23.8 Å². The van der Waals surface area contributed by atoms with Crippen molar-refractivity contribution >= 4 is 5.96 Å². The fourth-order valence-electron chi connectivity index (χ4n) is 2.21. The van der Waals surface area contributed by atoms with Crippen LogP contribution in [-0.4, -0.2) is 39.8 Å². The first-order valence-electron chi connectivity index (χ1n) is 8.62. The van der Waals surface area contributed by atoms with Crippen LogP contribution in [-0.2, 0) is 6.42 Å². The molecular weight excluding hydrogens is 302 g/mol. The monoisotopic (exact) mass is 335 g/mol. The second-order valence-corrected chi connectivity index (χ2v) is 6.94. The molecule has 0 atom stereocenters. The molecular formula is C19H33N3O2. The van der Waals surface area contributed by atoms with Crippen molar-refractivity contribution in [1.82, 2.24) is 10.6 Å². The Balaban J connectivity index is 2.54. The second-order valence-electron chi connectivity index (χ2n) is 6.94. The van der Waals surface area contributed by atoms with Gasteiger partial charge in [-0.3, -0.25) is 4.99 Å². The smallest absolute Gasteiger partial charge is 0.191 e. The van der Waals surface area contributed by atoms with Crippen molar-refractivity contribution in [2.24, 2.45) is 10.4 Å². The number of benzene rings is 1. The van der Waals surface area contributed by atoms with Gasteiger partial charge >= 0.3 is 0 Å². The van der Waals surface area contributed by atoms with Crippen LogP contribution in [0.4, 0.5) is 0 Å². The highest BCUT2D eigenvalue weighted by Crippen LogP contribution is 2.27. The number of hydrogen-bond acceptors (Lipinski definition) is 3. The second kappa shape index (κ2) is 10.1. The lowest BCUT2D eigenvalue weighted by Crippen LogP contribution is -2.38. The summed E-state index contributed by atoms with van der Waals surface area (Å²) in [4.78, 5) is 4.64. The largest absolute Gasteiger partial charge is 0.493 e. The van der Waals surface area contributed by atoms with Crippen molar-refractivity contribution in [1.29, 1.82) is 0 Å². The lowest BCUT2D eigenvalue weighted by atomic mass is 9.93. The van der Waals surface area contributed by atoms with Gasteiger partial charge in [0.2, 0.25) is 0 Å². The van der Waals surface area contributed by atoms with Crippen LogP contribution >= 0.6 is 0 Å². The van der Waals surface area contributed by atoms with Crippen LogP contribution in [0.3, 0.4) is 0 Å². The molecule has 5 heteroatoms. The molecule has 0 spiro atoms. The van der Waals surface area contributed by atoms with Gasteiger partial charge in [0.1, 0.15) is 0 Å². The first-order chi connectivity index (χ1) is 11.4. The predicted molar refractivity (Wildman–Crippen MR) is 101 cm³/mol. The maximum atomic E-state index is 5.35. The number of aliphatic imine (C=N–C) groups is 1. The molecule has 0 amide bonds. The number of methoxy groups -OCH3 is 2. The topological polar surface area (TPSA) is 54.9 Å². The number of nitrogens with zero attached hydrogens (tertiary/aromatic N) is 1. The molecule has 1 aromatic carbocycles. The van der Waals surface area contributed by atoms with Crippen LogP contribution in [0.25, 0.3) is 0 Å². The molecule has 0 saturated heterocycles. The lowest BCUT2D eigenvalue weighted by Gasteiger charge is -2.17. The van der Waals surface area contributed by atoms with E-state index in [0.29, 0.717) is 5.41 Å². The van der Waals surface area contributed by atoms with Gasteiger partial charge in [-0.2, -0.15) is 0 Å². The molecule has 0 saturated carbocycles. The molecule has 0 fully saturated rings. The predicted octanol–water partition coefficient (Wildman–Crippen LogP) is 3.24. The molecule has 0 unspecified atom stereocenters. The summed E-state index contributed by atoms with van der Waals surface area (Å²) in [6, 6.07) is 6.02. The van der Waals surface area contributed by atoms with E-state index in [1.165, 1.54) is 5.56 Å². The van der Waals surface area contributed by atoms with E-state index in [9.17, 15) is 0 Å². The zero-order valence-electron chi connectivity index (χ0n) is 16.0. The Bertz CT molecular complexity index is 522. The van der Waals surface area contributed by atoms with E-state index in [2.05, 4.69) is 49.4 Å². The number of rotatable bonds is 8. The fourth-order valence-corrected chi connectivity index (χ4v) is 2.21. The summed E-state index contributed by atoms with van der Waals surface area (Å²) in [5, 5.41) is 6.68. The molecule has 5 nitrogen and oxygen atoms in total. The van der Waals surface area contributed by atoms with Gasteiger partial charge < -0.3 is 20.1 Å². The van der Waals surface area contributed by atoms with Crippen molar-refractivity contribution in [2.45, 2.75) is 40.5 Å². The standard InChI is InChI=1S/C19H33N3O2/c1-7-20-18(22-13-11-19(2,3)4)21-12-10-15-8-9-16(23-5)17(14-15)24-6/h8-9,14H,7,10-13H2,1-6H3,(H2,20,21,22). The summed E-state index contributed by atoms with van der Waals surface area (Å²) in [5.74, 6) is 2.40. The van der Waals surface area contributed by atoms with Crippen molar-refractivity contribution in [3.63, 3.8) is 0 Å². The van der Waals surface area contributed by atoms with Crippen molar-refractivity contribution < 1.29 is 9.47 Å². The Morgan fingerprint density at radius 3 is 2.38 bits per heavy atom. The highest BCUT2D eigenvalue weighted by Gasteiger charge is 2.09. The van der Waals surface area contributed by atoms with Crippen LogP contribution in [0.1, 0.15) is 39.7 Å². The van der Waals surface area contributed by atoms with Gasteiger partial charge in [0.15, 0.2) is 17.5 Å². The van der Waals surface area contributed by atoms with Gasteiger partial charge in [-0.15, -0.1) is 0 Å². The van der Waals surface area contributed by atoms with E-state index in [1.807, 2.05) is 12.1 Å². The average Bonchev–Trinajstić information content (AvgIpc) is 2.53. The van der Waals surface area contributed by atoms with Gasteiger partial charge in [0, 0.05) is 19.6 Å². The Morgan fingerprint density at radius 2 is 1.79 bits per heavy atom. The van der Waals surface area contributed by atoms with E-state index in [0.717, 1.165) is 49.9 Å². The van der Waals surface area contributed by atoms with Gasteiger partial charge in [-0.1, -0.05) is 26.8 Å². The Hall–Kier alpha value is -1.91. The van der Waals surface area contributed by atoms with E-state index in [1.54, 1.807) is 14.2 Å². The summed E-state index contributed by atoms with van der Waals surface area (Å²) < 4.78 is 10.6. The SMILES string of the molecule is CCNC(=NCCC(C)(C)C)NCCc1ccc(OC)c(OC)c1. The molecule has 1 rings (SSSR count). The minimum Gasteiger partial charge on any atom is -0.493 e.